The first-order chi connectivity index (χ1) is 18.5. The second-order valence-electron chi connectivity index (χ2n) is 11.1. The summed E-state index contributed by atoms with van der Waals surface area (Å²) in [6.07, 6.45) is 2.27. The Morgan fingerprint density at radius 1 is 0.737 bits per heavy atom. The van der Waals surface area contributed by atoms with Crippen LogP contribution >= 0.6 is 0 Å². The van der Waals surface area contributed by atoms with E-state index in [4.69, 9.17) is 0 Å². The molecule has 3 heterocycles. The van der Waals surface area contributed by atoms with Crippen LogP contribution in [0.25, 0.3) is 60.1 Å². The lowest BCUT2D eigenvalue weighted by Gasteiger charge is -2.29. The Hall–Kier alpha value is -3.69. The monoisotopic (exact) mass is 511 g/mol. The van der Waals surface area contributed by atoms with Crippen molar-refractivity contribution in [2.24, 2.45) is 7.05 Å². The van der Waals surface area contributed by atoms with Gasteiger partial charge in [0.05, 0.1) is 35.4 Å². The average molecular weight is 512 g/mol. The van der Waals surface area contributed by atoms with E-state index in [0.29, 0.717) is 0 Å². The first-order valence-corrected chi connectivity index (χ1v) is 16.7. The van der Waals surface area contributed by atoms with Crippen molar-refractivity contribution >= 4 is 62.3 Å². The lowest BCUT2D eigenvalue weighted by Crippen LogP contribution is -2.45. The summed E-state index contributed by atoms with van der Waals surface area (Å²) >= 11 is 0. The van der Waals surface area contributed by atoms with Crippen LogP contribution in [0.2, 0.25) is 18.1 Å². The second-order valence-corrected chi connectivity index (χ2v) is 16.4. The molecule has 0 spiro atoms. The van der Waals surface area contributed by atoms with Gasteiger partial charge in [-0.25, -0.2) is 4.57 Å². The molecule has 0 radical (unpaired) electrons. The number of hydrogen-bond donors (Lipinski definition) is 0. The van der Waals surface area contributed by atoms with Crippen LogP contribution in [0.3, 0.4) is 0 Å². The third-order valence-electron chi connectivity index (χ3n) is 9.58. The summed E-state index contributed by atoms with van der Waals surface area (Å²) in [6.45, 7) is 9.53. The maximum absolute atomic E-state index is 2.63. The van der Waals surface area contributed by atoms with E-state index in [1.807, 2.05) is 0 Å². The average Bonchev–Trinajstić information content (AvgIpc) is 3.30. The van der Waals surface area contributed by atoms with Gasteiger partial charge in [-0.05, 0) is 29.5 Å². The Morgan fingerprint density at radius 3 is 2.21 bits per heavy atom. The molecule has 38 heavy (non-hydrogen) atoms. The smallest absolute Gasteiger partial charge is 0.224 e. The van der Waals surface area contributed by atoms with E-state index in [1.54, 1.807) is 5.19 Å². The van der Waals surface area contributed by atoms with Crippen molar-refractivity contribution in [2.75, 3.05) is 0 Å². The van der Waals surface area contributed by atoms with Crippen LogP contribution in [-0.4, -0.2) is 12.5 Å². The summed E-state index contributed by atoms with van der Waals surface area (Å²) in [7, 11) is 0.614. The number of para-hydroxylation sites is 1. The zero-order valence-electron chi connectivity index (χ0n) is 23.1. The van der Waals surface area contributed by atoms with Crippen molar-refractivity contribution < 1.29 is 4.57 Å². The molecule has 0 amide bonds. The molecule has 188 valence electrons. The first-order valence-electron chi connectivity index (χ1n) is 14.1. The van der Waals surface area contributed by atoms with Gasteiger partial charge in [0.1, 0.15) is 7.05 Å². The minimum absolute atomic E-state index is 1.27. The fourth-order valence-electron chi connectivity index (χ4n) is 7.27. The van der Waals surface area contributed by atoms with Crippen molar-refractivity contribution in [3.63, 3.8) is 0 Å². The van der Waals surface area contributed by atoms with E-state index in [2.05, 4.69) is 129 Å². The van der Waals surface area contributed by atoms with Gasteiger partial charge in [-0.3, -0.25) is 0 Å². The minimum atomic E-state index is -1.60. The largest absolute Gasteiger partial charge is 0.307 e. The molecule has 0 saturated heterocycles. The SMILES string of the molecule is CC[Si](CC)(CC)c1cc2cc[n+](C)c3c4c(C)ccc5c6cccc(-c7ccccc7)c6n(c(c1)c23)c54. The summed E-state index contributed by atoms with van der Waals surface area (Å²) in [5, 5.41) is 8.41. The lowest BCUT2D eigenvalue weighted by atomic mass is 9.99. The molecule has 0 bridgehead atoms. The van der Waals surface area contributed by atoms with Crippen molar-refractivity contribution in [1.82, 2.24) is 4.40 Å². The molecule has 4 aromatic carbocycles. The van der Waals surface area contributed by atoms with Crippen LogP contribution in [0, 0.1) is 6.92 Å². The Kier molecular flexibility index (Phi) is 5.18. The van der Waals surface area contributed by atoms with Gasteiger partial charge in [-0.2, -0.15) is 0 Å². The predicted molar refractivity (Wildman–Crippen MR) is 167 cm³/mol. The molecule has 0 atom stereocenters. The Bertz CT molecular complexity index is 1990. The summed E-state index contributed by atoms with van der Waals surface area (Å²) < 4.78 is 4.98. The second kappa shape index (κ2) is 8.41. The topological polar surface area (TPSA) is 8.29 Å². The maximum Gasteiger partial charge on any atom is 0.224 e. The molecule has 3 aromatic heterocycles. The molecular formula is C35H35N2Si+. The number of rotatable bonds is 5. The standard InChI is InChI=1S/C35H35N2Si/c1-6-38(7-2,8-3)26-21-25-19-20-36(5)35-31-23(4)17-18-29-28-16-12-15-27(24-13-10-9-11-14-24)33(28)37(34(29)31)30(22-26)32(25)35/h9-22H,6-8H2,1-5H3/q+1. The molecule has 0 N–H and O–H groups in total. The van der Waals surface area contributed by atoms with Crippen LogP contribution < -0.4 is 9.75 Å². The minimum Gasteiger partial charge on any atom is -0.307 e. The predicted octanol–water partition coefficient (Wildman–Crippen LogP) is 8.51. The van der Waals surface area contributed by atoms with Gasteiger partial charge >= 0.3 is 0 Å². The highest BCUT2D eigenvalue weighted by Crippen LogP contribution is 2.43. The van der Waals surface area contributed by atoms with E-state index < -0.39 is 8.07 Å². The molecule has 0 fully saturated rings. The van der Waals surface area contributed by atoms with Crippen LogP contribution in [0.5, 0.6) is 0 Å². The Balaban J connectivity index is 1.82. The summed E-state index contributed by atoms with van der Waals surface area (Å²) in [4.78, 5) is 0. The zero-order chi connectivity index (χ0) is 26.2. The molecule has 7 rings (SSSR count). The van der Waals surface area contributed by atoms with E-state index in [9.17, 15) is 0 Å². The number of benzene rings is 4. The Morgan fingerprint density at radius 2 is 1.47 bits per heavy atom. The number of aromatic nitrogens is 2. The molecular weight excluding hydrogens is 476 g/mol. The first kappa shape index (κ1) is 23.4. The van der Waals surface area contributed by atoms with E-state index >= 15 is 0 Å². The maximum atomic E-state index is 2.63. The van der Waals surface area contributed by atoms with Gasteiger partial charge in [-0.1, -0.05) is 111 Å². The van der Waals surface area contributed by atoms with Gasteiger partial charge < -0.3 is 4.40 Å². The molecule has 0 aliphatic heterocycles. The van der Waals surface area contributed by atoms with E-state index in [1.165, 1.54) is 83.8 Å². The molecule has 0 aliphatic rings. The molecule has 0 unspecified atom stereocenters. The fourth-order valence-corrected chi connectivity index (χ4v) is 10.9. The molecule has 0 aliphatic carbocycles. The van der Waals surface area contributed by atoms with Gasteiger partial charge in [0.15, 0.2) is 6.20 Å². The van der Waals surface area contributed by atoms with Crippen molar-refractivity contribution in [3.05, 3.63) is 90.6 Å². The lowest BCUT2D eigenvalue weighted by molar-refractivity contribution is -0.643. The van der Waals surface area contributed by atoms with E-state index in [0.717, 1.165) is 0 Å². The van der Waals surface area contributed by atoms with Crippen molar-refractivity contribution in [2.45, 2.75) is 45.8 Å². The normalized spacial score (nSPS) is 12.7. The molecule has 7 aromatic rings. The summed E-state index contributed by atoms with van der Waals surface area (Å²) in [6, 6.07) is 33.8. The van der Waals surface area contributed by atoms with Gasteiger partial charge in [-0.15, -0.1) is 0 Å². The van der Waals surface area contributed by atoms with Crippen LogP contribution in [0.15, 0.2) is 85.1 Å². The van der Waals surface area contributed by atoms with Crippen molar-refractivity contribution in [3.8, 4) is 11.1 Å². The number of aryl methyl sites for hydroxylation is 2. The third-order valence-corrected chi connectivity index (χ3v) is 15.2. The number of hydrogen-bond acceptors (Lipinski definition) is 0. The zero-order valence-corrected chi connectivity index (χ0v) is 24.1. The highest BCUT2D eigenvalue weighted by molar-refractivity contribution is 6.92. The van der Waals surface area contributed by atoms with E-state index in [-0.39, 0.29) is 0 Å². The van der Waals surface area contributed by atoms with Gasteiger partial charge in [0.2, 0.25) is 5.52 Å². The van der Waals surface area contributed by atoms with Crippen LogP contribution in [-0.2, 0) is 7.05 Å². The molecule has 3 heteroatoms. The summed E-state index contributed by atoms with van der Waals surface area (Å²) in [5.74, 6) is 0. The highest BCUT2D eigenvalue weighted by Gasteiger charge is 2.32. The molecule has 0 saturated carbocycles. The van der Waals surface area contributed by atoms with Crippen LogP contribution in [0.4, 0.5) is 0 Å². The summed E-state index contributed by atoms with van der Waals surface area (Å²) in [5.41, 5.74) is 9.29. The quantitative estimate of drug-likeness (QED) is 0.0947. The number of pyridine rings is 2. The van der Waals surface area contributed by atoms with Crippen LogP contribution in [0.1, 0.15) is 26.3 Å². The van der Waals surface area contributed by atoms with Gasteiger partial charge in [0, 0.05) is 22.4 Å². The number of fused-ring (bicyclic) bond motifs is 5. The Labute approximate surface area is 225 Å². The highest BCUT2D eigenvalue weighted by atomic mass is 28.3. The van der Waals surface area contributed by atoms with Gasteiger partial charge in [0.25, 0.3) is 0 Å². The fraction of sp³-hybridized carbons (Fsp3) is 0.229. The molecule has 2 nitrogen and oxygen atoms in total. The third kappa shape index (κ3) is 2.97. The van der Waals surface area contributed by atoms with Crippen molar-refractivity contribution in [1.29, 1.82) is 0 Å². The number of nitrogens with zero attached hydrogens (tertiary/aromatic N) is 2.